The molecule has 246 valence electrons. The second kappa shape index (κ2) is 13.8. The minimum atomic E-state index is -0.441. The van der Waals surface area contributed by atoms with Gasteiger partial charge in [0.05, 0.1) is 32.6 Å². The number of benzene rings is 4. The van der Waals surface area contributed by atoms with Crippen molar-refractivity contribution >= 4 is 29.3 Å². The number of allylic oxidation sites excluding steroid dienone is 2. The molecule has 11 heteroatoms. The van der Waals surface area contributed by atoms with Crippen LogP contribution in [0, 0.1) is 20.2 Å². The molecule has 1 aliphatic rings. The molecule has 4 aromatic carbocycles. The lowest BCUT2D eigenvalue weighted by molar-refractivity contribution is -0.385. The first-order valence-corrected chi connectivity index (χ1v) is 16.1. The zero-order valence-electron chi connectivity index (χ0n) is 26.8. The highest BCUT2D eigenvalue weighted by Crippen LogP contribution is 2.33. The van der Waals surface area contributed by atoms with E-state index in [1.807, 2.05) is 85.2 Å². The number of nitro benzene ring substituents is 2. The molecule has 0 saturated heterocycles. The van der Waals surface area contributed by atoms with E-state index in [-0.39, 0.29) is 17.2 Å². The fourth-order valence-electron chi connectivity index (χ4n) is 6.06. The normalized spacial score (nSPS) is 14.9. The van der Waals surface area contributed by atoms with Gasteiger partial charge in [0.25, 0.3) is 11.4 Å². The zero-order chi connectivity index (χ0) is 34.6. The third kappa shape index (κ3) is 6.65. The first-order chi connectivity index (χ1) is 24.3. The van der Waals surface area contributed by atoms with Crippen LogP contribution in [0.25, 0.3) is 46.0 Å². The summed E-state index contributed by atoms with van der Waals surface area (Å²) in [5, 5.41) is 32.3. The van der Waals surface area contributed by atoms with Gasteiger partial charge in [-0.2, -0.15) is 10.2 Å². The van der Waals surface area contributed by atoms with Crippen molar-refractivity contribution in [3.63, 3.8) is 0 Å². The first-order valence-electron chi connectivity index (χ1n) is 16.1. The van der Waals surface area contributed by atoms with Crippen LogP contribution in [0.15, 0.2) is 133 Å². The Bertz CT molecular complexity index is 2110. The number of hydrogen-bond acceptors (Lipinski definition) is 7. The zero-order valence-corrected chi connectivity index (χ0v) is 26.8. The largest absolute Gasteiger partial charge is 0.289 e. The molecule has 11 nitrogen and oxygen atoms in total. The van der Waals surface area contributed by atoms with Crippen molar-refractivity contribution in [1.82, 2.24) is 19.6 Å². The lowest BCUT2D eigenvalue weighted by atomic mass is 9.96. The number of rotatable bonds is 8. The van der Waals surface area contributed by atoms with Gasteiger partial charge >= 0.3 is 0 Å². The summed E-state index contributed by atoms with van der Waals surface area (Å²) in [5.41, 5.74) is 6.92. The molecule has 0 amide bonds. The third-order valence-corrected chi connectivity index (χ3v) is 8.61. The number of aromatic nitrogens is 4. The average molecular weight is 663 g/mol. The second-order valence-electron chi connectivity index (χ2n) is 11.9. The summed E-state index contributed by atoms with van der Waals surface area (Å²) in [4.78, 5) is 36.1. The first kappa shape index (κ1) is 31.8. The summed E-state index contributed by atoms with van der Waals surface area (Å²) in [6.07, 6.45) is 10.3. The topological polar surface area (TPSA) is 139 Å². The summed E-state index contributed by atoms with van der Waals surface area (Å²) in [7, 11) is 0. The monoisotopic (exact) mass is 662 g/mol. The van der Waals surface area contributed by atoms with Crippen LogP contribution in [0.3, 0.4) is 0 Å². The molecule has 0 bridgehead atoms. The van der Waals surface area contributed by atoms with Gasteiger partial charge in [-0.25, -0.2) is 9.36 Å². The maximum Gasteiger partial charge on any atom is 0.269 e. The fourth-order valence-corrected chi connectivity index (χ4v) is 6.06. The number of ketones is 1. The van der Waals surface area contributed by atoms with Gasteiger partial charge < -0.3 is 0 Å². The molecule has 7 rings (SSSR count). The molecular weight excluding hydrogens is 632 g/mol. The van der Waals surface area contributed by atoms with Crippen molar-refractivity contribution in [3.8, 4) is 33.9 Å². The smallest absolute Gasteiger partial charge is 0.269 e. The second-order valence-corrected chi connectivity index (χ2v) is 11.9. The van der Waals surface area contributed by atoms with Gasteiger partial charge in [-0.05, 0) is 86.4 Å². The van der Waals surface area contributed by atoms with Crippen molar-refractivity contribution in [2.45, 2.75) is 25.7 Å². The molecule has 0 spiro atoms. The lowest BCUT2D eigenvalue weighted by Gasteiger charge is -2.06. The van der Waals surface area contributed by atoms with E-state index in [2.05, 4.69) is 0 Å². The van der Waals surface area contributed by atoms with Gasteiger partial charge in [-0.3, -0.25) is 25.0 Å². The summed E-state index contributed by atoms with van der Waals surface area (Å²) >= 11 is 0. The van der Waals surface area contributed by atoms with Crippen LogP contribution < -0.4 is 0 Å². The van der Waals surface area contributed by atoms with E-state index in [0.29, 0.717) is 46.5 Å². The summed E-state index contributed by atoms with van der Waals surface area (Å²) in [6, 6.07) is 31.7. The molecule has 0 N–H and O–H groups in total. The molecular formula is C39H30N6O5. The van der Waals surface area contributed by atoms with Gasteiger partial charge in [-0.1, -0.05) is 36.4 Å². The van der Waals surface area contributed by atoms with E-state index in [1.165, 1.54) is 24.3 Å². The Labute approximate surface area is 286 Å². The van der Waals surface area contributed by atoms with E-state index < -0.39 is 9.85 Å². The predicted octanol–water partition coefficient (Wildman–Crippen LogP) is 8.82. The number of para-hydroxylation sites is 2. The van der Waals surface area contributed by atoms with E-state index >= 15 is 0 Å². The molecule has 6 aromatic rings. The van der Waals surface area contributed by atoms with E-state index in [1.54, 1.807) is 33.6 Å². The molecule has 0 atom stereocenters. The van der Waals surface area contributed by atoms with Crippen LogP contribution in [-0.4, -0.2) is 35.2 Å². The number of non-ortho nitro benzene ring substituents is 2. The van der Waals surface area contributed by atoms with Gasteiger partial charge in [0, 0.05) is 70.1 Å². The summed E-state index contributed by atoms with van der Waals surface area (Å²) in [6.45, 7) is 0. The van der Waals surface area contributed by atoms with Crippen molar-refractivity contribution < 1.29 is 14.6 Å². The molecule has 1 aliphatic carbocycles. The summed E-state index contributed by atoms with van der Waals surface area (Å²) in [5.74, 6) is -0.0771. The number of carbonyl (C=O) groups is 1. The Balaban J connectivity index is 1.30. The molecule has 1 saturated carbocycles. The van der Waals surface area contributed by atoms with E-state index in [0.717, 1.165) is 35.3 Å². The van der Waals surface area contributed by atoms with Crippen LogP contribution in [0.1, 0.15) is 36.8 Å². The Kier molecular flexibility index (Phi) is 8.77. The SMILES string of the molecule is O=C1/C(=C/c2cn(-c3ccccc3)nc2-c2ccc([N+](=O)[O-])cc2)CCCC/C1=C\c1cn(-c2ccccc2)nc1-c1ccc([N+](=O)[O-])cc1. The van der Waals surface area contributed by atoms with Crippen molar-refractivity contribution in [2.24, 2.45) is 0 Å². The minimum absolute atomic E-state index is 0.0199. The minimum Gasteiger partial charge on any atom is -0.289 e. The van der Waals surface area contributed by atoms with E-state index in [4.69, 9.17) is 10.2 Å². The molecule has 1 fully saturated rings. The third-order valence-electron chi connectivity index (χ3n) is 8.61. The highest BCUT2D eigenvalue weighted by atomic mass is 16.6. The Hall–Kier alpha value is -6.75. The molecule has 0 unspecified atom stereocenters. The number of nitrogens with zero attached hydrogens (tertiary/aromatic N) is 6. The van der Waals surface area contributed by atoms with Crippen LogP contribution >= 0.6 is 0 Å². The van der Waals surface area contributed by atoms with Gasteiger partial charge in [-0.15, -0.1) is 0 Å². The number of nitro groups is 2. The van der Waals surface area contributed by atoms with Crippen LogP contribution in [-0.2, 0) is 4.79 Å². The van der Waals surface area contributed by atoms with Crippen LogP contribution in [0.4, 0.5) is 11.4 Å². The number of carbonyl (C=O) groups excluding carboxylic acids is 1. The molecule has 0 radical (unpaired) electrons. The molecule has 0 aliphatic heterocycles. The van der Waals surface area contributed by atoms with Crippen LogP contribution in [0.5, 0.6) is 0 Å². The molecule has 2 aromatic heterocycles. The predicted molar refractivity (Wildman–Crippen MR) is 191 cm³/mol. The Morgan fingerprint density at radius 1 is 0.560 bits per heavy atom. The fraction of sp³-hybridized carbons (Fsp3) is 0.103. The maximum absolute atomic E-state index is 14.3. The highest BCUT2D eigenvalue weighted by molar-refractivity contribution is 6.14. The highest BCUT2D eigenvalue weighted by Gasteiger charge is 2.23. The van der Waals surface area contributed by atoms with Crippen LogP contribution in [0.2, 0.25) is 0 Å². The quantitative estimate of drug-likeness (QED) is 0.0687. The molecule has 50 heavy (non-hydrogen) atoms. The van der Waals surface area contributed by atoms with Gasteiger partial charge in [0.1, 0.15) is 0 Å². The van der Waals surface area contributed by atoms with Crippen molar-refractivity contribution in [2.75, 3.05) is 0 Å². The van der Waals surface area contributed by atoms with Gasteiger partial charge in [0.15, 0.2) is 5.78 Å². The average Bonchev–Trinajstić information content (AvgIpc) is 3.73. The standard InChI is InChI=1S/C39H30N6O5/c46-39-29(23-31-25-42(33-11-3-1-4-12-33)40-37(31)27-15-19-35(20-16-27)44(47)48)9-7-8-10-30(39)24-32-26-43(34-13-5-2-6-14-34)41-38(32)28-17-21-36(22-18-28)45(49)50/h1-6,11-26H,7-10H2/b29-23+,30-24+. The lowest BCUT2D eigenvalue weighted by Crippen LogP contribution is -2.04. The maximum atomic E-state index is 14.3. The van der Waals surface area contributed by atoms with Crippen molar-refractivity contribution in [1.29, 1.82) is 0 Å². The number of Topliss-reactive ketones (excluding diaryl/α,β-unsaturated/α-hetero) is 1. The molecule has 2 heterocycles. The van der Waals surface area contributed by atoms with Crippen molar-refractivity contribution in [3.05, 3.63) is 164 Å². The Morgan fingerprint density at radius 2 is 0.940 bits per heavy atom. The number of hydrogen-bond donors (Lipinski definition) is 0. The van der Waals surface area contributed by atoms with Gasteiger partial charge in [0.2, 0.25) is 0 Å². The van der Waals surface area contributed by atoms with E-state index in [9.17, 15) is 25.0 Å². The Morgan fingerprint density at radius 3 is 1.30 bits per heavy atom. The summed E-state index contributed by atoms with van der Waals surface area (Å²) < 4.78 is 3.49.